The van der Waals surface area contributed by atoms with Crippen LogP contribution in [0.5, 0.6) is 0 Å². The number of ether oxygens (including phenoxy) is 5. The Morgan fingerprint density at radius 1 is 0.847 bits per heavy atom. The number of anilines is 1. The van der Waals surface area contributed by atoms with Gasteiger partial charge in [-0.2, -0.15) is 0 Å². The standard InChI is InChI=1S/C45H65N7O7/c1-6-16-48-20-22-49(23-21-48)24-26-56-28-30-58-32-31-57-29-27-55-25-9-8-17-51-39-11-10-36(7-2)33-38(39)47-41(51)35-52-40-34-46-15-12-37(40)45(42(52)53)13-18-50(19-14-45)43(54)59-44(3,4)5/h1,10-12,15,33-34H,7-9,13-14,16-32,35H2,2-5H3. The molecular weight excluding hydrogens is 751 g/mol. The predicted octanol–water partition coefficient (Wildman–Crippen LogP) is 4.91. The molecule has 2 aromatic heterocycles. The quantitative estimate of drug-likeness (QED) is 0.108. The number of benzene rings is 1. The molecule has 59 heavy (non-hydrogen) atoms. The van der Waals surface area contributed by atoms with E-state index in [9.17, 15) is 9.59 Å². The van der Waals surface area contributed by atoms with Gasteiger partial charge >= 0.3 is 6.09 Å². The van der Waals surface area contributed by atoms with Gasteiger partial charge in [-0.3, -0.25) is 19.6 Å². The summed E-state index contributed by atoms with van der Waals surface area (Å²) in [5.74, 6) is 3.61. The summed E-state index contributed by atoms with van der Waals surface area (Å²) in [7, 11) is 0. The highest BCUT2D eigenvalue weighted by molar-refractivity contribution is 6.08. The van der Waals surface area contributed by atoms with Gasteiger partial charge in [0.1, 0.15) is 11.4 Å². The van der Waals surface area contributed by atoms with Crippen LogP contribution in [0.3, 0.4) is 0 Å². The number of hydrogen-bond acceptors (Lipinski definition) is 11. The topological polar surface area (TPSA) is 124 Å². The van der Waals surface area contributed by atoms with Gasteiger partial charge in [0.25, 0.3) is 0 Å². The molecule has 0 bridgehead atoms. The Bertz CT molecular complexity index is 1850. The molecule has 2 saturated heterocycles. The van der Waals surface area contributed by atoms with E-state index in [1.807, 2.05) is 31.7 Å². The number of rotatable bonds is 21. The van der Waals surface area contributed by atoms with E-state index in [1.165, 1.54) is 5.56 Å². The second-order valence-electron chi connectivity index (χ2n) is 16.7. The molecule has 322 valence electrons. The average molecular weight is 816 g/mol. The largest absolute Gasteiger partial charge is 0.444 e. The van der Waals surface area contributed by atoms with Crippen molar-refractivity contribution in [3.05, 3.63) is 53.6 Å². The third-order valence-electron chi connectivity index (χ3n) is 11.5. The molecule has 2 fully saturated rings. The Balaban J connectivity index is 0.914. The monoisotopic (exact) mass is 815 g/mol. The summed E-state index contributed by atoms with van der Waals surface area (Å²) in [6, 6.07) is 8.43. The van der Waals surface area contributed by atoms with Crippen molar-refractivity contribution in [1.82, 2.24) is 29.2 Å². The third-order valence-corrected chi connectivity index (χ3v) is 11.5. The maximum Gasteiger partial charge on any atom is 0.410 e. The molecule has 0 aliphatic carbocycles. The molecule has 3 aromatic rings. The number of carbonyl (C=O) groups excluding carboxylic acids is 2. The number of piperazine rings is 1. The Hall–Kier alpha value is -4.10. The zero-order chi connectivity index (χ0) is 41.7. The van der Waals surface area contributed by atoms with Gasteiger partial charge in [-0.1, -0.05) is 18.9 Å². The SMILES string of the molecule is C#CCN1CCN(CCOCCOCCOCCOCCCCn2c(CN3C(=O)C4(CCN(C(=O)OC(C)(C)C)CC4)c4ccncc43)nc3cc(CC)ccc32)CC1. The smallest absolute Gasteiger partial charge is 0.410 e. The number of carbonyl (C=O) groups is 2. The molecule has 1 spiro atoms. The summed E-state index contributed by atoms with van der Waals surface area (Å²) in [5, 5.41) is 0. The highest BCUT2D eigenvalue weighted by atomic mass is 16.6. The molecule has 14 heteroatoms. The van der Waals surface area contributed by atoms with Crippen LogP contribution in [0, 0.1) is 12.3 Å². The lowest BCUT2D eigenvalue weighted by Crippen LogP contribution is -2.51. The number of imidazole rings is 1. The van der Waals surface area contributed by atoms with Crippen LogP contribution in [-0.4, -0.2) is 152 Å². The first kappa shape index (κ1) is 44.5. The number of fused-ring (bicyclic) bond motifs is 3. The molecule has 3 aliphatic heterocycles. The summed E-state index contributed by atoms with van der Waals surface area (Å²) in [6.45, 7) is 20.1. The fourth-order valence-electron chi connectivity index (χ4n) is 8.21. The Morgan fingerprint density at radius 2 is 1.51 bits per heavy atom. The number of amides is 2. The van der Waals surface area contributed by atoms with Crippen LogP contribution < -0.4 is 4.90 Å². The molecule has 6 rings (SSSR count). The summed E-state index contributed by atoms with van der Waals surface area (Å²) < 4.78 is 30.9. The average Bonchev–Trinajstić information content (AvgIpc) is 3.68. The summed E-state index contributed by atoms with van der Waals surface area (Å²) in [6.07, 6.45) is 12.4. The molecule has 0 atom stereocenters. The number of terminal acetylenes is 1. The number of nitrogens with zero attached hydrogens (tertiary/aromatic N) is 7. The first-order valence-corrected chi connectivity index (χ1v) is 21.5. The maximum atomic E-state index is 14.5. The van der Waals surface area contributed by atoms with Crippen molar-refractivity contribution < 1.29 is 33.3 Å². The van der Waals surface area contributed by atoms with Crippen LogP contribution in [0.25, 0.3) is 11.0 Å². The van der Waals surface area contributed by atoms with E-state index < -0.39 is 11.0 Å². The Kier molecular flexibility index (Phi) is 16.1. The highest BCUT2D eigenvalue weighted by Gasteiger charge is 2.53. The lowest BCUT2D eigenvalue weighted by atomic mass is 9.74. The molecule has 0 radical (unpaired) electrons. The van der Waals surface area contributed by atoms with Crippen molar-refractivity contribution in [3.63, 3.8) is 0 Å². The van der Waals surface area contributed by atoms with Crippen molar-refractivity contribution in [2.75, 3.05) is 110 Å². The Morgan fingerprint density at radius 3 is 2.17 bits per heavy atom. The second kappa shape index (κ2) is 21.4. The normalized spacial score (nSPS) is 17.2. The zero-order valence-electron chi connectivity index (χ0n) is 35.8. The van der Waals surface area contributed by atoms with E-state index in [4.69, 9.17) is 35.1 Å². The van der Waals surface area contributed by atoms with Crippen LogP contribution in [0.1, 0.15) is 70.3 Å². The minimum atomic E-state index is -0.716. The number of aryl methyl sites for hydroxylation is 2. The van der Waals surface area contributed by atoms with Crippen LogP contribution in [0.15, 0.2) is 36.7 Å². The molecule has 3 aliphatic rings. The van der Waals surface area contributed by atoms with Gasteiger partial charge in [-0.05, 0) is 82.2 Å². The molecule has 0 saturated carbocycles. The van der Waals surface area contributed by atoms with E-state index in [0.29, 0.717) is 85.3 Å². The van der Waals surface area contributed by atoms with Gasteiger partial charge in [-0.25, -0.2) is 9.78 Å². The van der Waals surface area contributed by atoms with Crippen LogP contribution in [-0.2, 0) is 53.4 Å². The van der Waals surface area contributed by atoms with Crippen molar-refractivity contribution >= 4 is 28.7 Å². The molecule has 5 heterocycles. The minimum Gasteiger partial charge on any atom is -0.444 e. The van der Waals surface area contributed by atoms with E-state index in [2.05, 4.69) is 50.4 Å². The number of aromatic nitrogens is 3. The first-order chi connectivity index (χ1) is 28.6. The van der Waals surface area contributed by atoms with Crippen LogP contribution >= 0.6 is 0 Å². The lowest BCUT2D eigenvalue weighted by Gasteiger charge is -2.38. The maximum absolute atomic E-state index is 14.5. The number of pyridine rings is 1. The van der Waals surface area contributed by atoms with E-state index in [0.717, 1.165) is 93.2 Å². The third kappa shape index (κ3) is 11.8. The van der Waals surface area contributed by atoms with Crippen molar-refractivity contribution in [2.24, 2.45) is 0 Å². The number of piperidine rings is 1. The highest BCUT2D eigenvalue weighted by Crippen LogP contribution is 2.48. The van der Waals surface area contributed by atoms with E-state index >= 15 is 0 Å². The fraction of sp³-hybridized carbons (Fsp3) is 0.644. The molecule has 0 N–H and O–H groups in total. The Labute approximate surface area is 350 Å². The van der Waals surface area contributed by atoms with Gasteiger partial charge in [0.15, 0.2) is 0 Å². The van der Waals surface area contributed by atoms with Crippen LogP contribution in [0.2, 0.25) is 0 Å². The first-order valence-electron chi connectivity index (χ1n) is 21.5. The minimum absolute atomic E-state index is 0.0434. The van der Waals surface area contributed by atoms with E-state index in [-0.39, 0.29) is 12.0 Å². The molecular formula is C45H65N7O7. The molecule has 1 aromatic carbocycles. The number of hydrogen-bond donors (Lipinski definition) is 0. The fourth-order valence-corrected chi connectivity index (χ4v) is 8.21. The number of unbranched alkanes of at least 4 members (excludes halogenated alkanes) is 1. The summed E-state index contributed by atoms with van der Waals surface area (Å²) in [5.41, 5.74) is 3.72. The second-order valence-corrected chi connectivity index (χ2v) is 16.7. The van der Waals surface area contributed by atoms with Crippen molar-refractivity contribution in [2.45, 2.75) is 83.9 Å². The zero-order valence-corrected chi connectivity index (χ0v) is 35.8. The summed E-state index contributed by atoms with van der Waals surface area (Å²) in [4.78, 5) is 45.3. The predicted molar refractivity (Wildman–Crippen MR) is 227 cm³/mol. The summed E-state index contributed by atoms with van der Waals surface area (Å²) >= 11 is 0. The van der Waals surface area contributed by atoms with Gasteiger partial charge < -0.3 is 38.1 Å². The van der Waals surface area contributed by atoms with Gasteiger partial charge in [0.05, 0.1) is 87.7 Å². The van der Waals surface area contributed by atoms with Crippen molar-refractivity contribution in [3.8, 4) is 12.3 Å². The lowest BCUT2D eigenvalue weighted by molar-refractivity contribution is -0.125. The molecule has 0 unspecified atom stereocenters. The van der Waals surface area contributed by atoms with Crippen LogP contribution in [0.4, 0.5) is 10.5 Å². The van der Waals surface area contributed by atoms with Gasteiger partial charge in [0.2, 0.25) is 5.91 Å². The van der Waals surface area contributed by atoms with E-state index in [1.54, 1.807) is 17.3 Å². The van der Waals surface area contributed by atoms with Gasteiger partial charge in [-0.15, -0.1) is 6.42 Å². The van der Waals surface area contributed by atoms with Gasteiger partial charge in [0, 0.05) is 65.2 Å². The van der Waals surface area contributed by atoms with Crippen molar-refractivity contribution in [1.29, 1.82) is 0 Å². The molecule has 14 nitrogen and oxygen atoms in total. The number of likely N-dealkylation sites (tertiary alicyclic amines) is 1. The molecule has 2 amide bonds.